The largest absolute Gasteiger partial charge is 0.486 e. The fraction of sp³-hybridized carbons (Fsp3) is 0.133. The van der Waals surface area contributed by atoms with Gasteiger partial charge in [-0.15, -0.1) is 5.10 Å². The highest BCUT2D eigenvalue weighted by Gasteiger charge is 2.04. The van der Waals surface area contributed by atoms with Crippen molar-refractivity contribution < 1.29 is 9.84 Å². The molecule has 3 aromatic rings. The molecule has 0 atom stereocenters. The standard InChI is InChI=1S/C15H14N4O2/c20-10-12-6-7-15(9-16-12)21-11-13-8-17-19(18-13)14-4-2-1-3-5-14/h1-9,20H,10-11H2. The number of hydrogen-bond donors (Lipinski definition) is 1. The van der Waals surface area contributed by atoms with Crippen LogP contribution >= 0.6 is 0 Å². The van der Waals surface area contributed by atoms with Crippen LogP contribution in [0.5, 0.6) is 5.75 Å². The third-order valence-corrected chi connectivity index (χ3v) is 2.87. The zero-order valence-corrected chi connectivity index (χ0v) is 11.3. The number of rotatable bonds is 5. The first-order valence-corrected chi connectivity index (χ1v) is 6.50. The summed E-state index contributed by atoms with van der Waals surface area (Å²) in [4.78, 5) is 5.61. The van der Waals surface area contributed by atoms with Gasteiger partial charge in [0.25, 0.3) is 0 Å². The molecule has 3 rings (SSSR count). The number of hydrogen-bond acceptors (Lipinski definition) is 5. The van der Waals surface area contributed by atoms with Crippen molar-refractivity contribution in [1.82, 2.24) is 20.0 Å². The van der Waals surface area contributed by atoms with Gasteiger partial charge in [0.15, 0.2) is 0 Å². The Bertz CT molecular complexity index is 695. The molecule has 0 unspecified atom stereocenters. The van der Waals surface area contributed by atoms with E-state index in [4.69, 9.17) is 9.84 Å². The number of nitrogens with zero attached hydrogens (tertiary/aromatic N) is 4. The summed E-state index contributed by atoms with van der Waals surface area (Å²) in [5, 5.41) is 17.5. The molecule has 0 aliphatic rings. The number of benzene rings is 1. The molecule has 0 fully saturated rings. The second-order valence-corrected chi connectivity index (χ2v) is 4.39. The van der Waals surface area contributed by atoms with E-state index in [1.807, 2.05) is 30.3 Å². The van der Waals surface area contributed by atoms with Crippen LogP contribution in [0.25, 0.3) is 5.69 Å². The van der Waals surface area contributed by atoms with Crippen LogP contribution in [0.1, 0.15) is 11.4 Å². The summed E-state index contributed by atoms with van der Waals surface area (Å²) < 4.78 is 5.58. The van der Waals surface area contributed by atoms with E-state index < -0.39 is 0 Å². The Morgan fingerprint density at radius 1 is 1.00 bits per heavy atom. The minimum absolute atomic E-state index is 0.0777. The van der Waals surface area contributed by atoms with Crippen molar-refractivity contribution in [3.05, 3.63) is 66.2 Å². The molecule has 0 aliphatic carbocycles. The number of aliphatic hydroxyl groups is 1. The van der Waals surface area contributed by atoms with Gasteiger partial charge in [-0.05, 0) is 24.3 Å². The fourth-order valence-corrected chi connectivity index (χ4v) is 1.79. The van der Waals surface area contributed by atoms with Crippen molar-refractivity contribution in [1.29, 1.82) is 0 Å². The first kappa shape index (κ1) is 13.3. The highest BCUT2D eigenvalue weighted by atomic mass is 16.5. The van der Waals surface area contributed by atoms with E-state index in [9.17, 15) is 0 Å². The molecule has 6 nitrogen and oxygen atoms in total. The molecule has 1 aromatic carbocycles. The minimum Gasteiger partial charge on any atom is -0.486 e. The molecule has 21 heavy (non-hydrogen) atoms. The molecule has 1 N–H and O–H groups in total. The number of aliphatic hydroxyl groups excluding tert-OH is 1. The van der Waals surface area contributed by atoms with Gasteiger partial charge in [0.1, 0.15) is 18.1 Å². The number of pyridine rings is 1. The summed E-state index contributed by atoms with van der Waals surface area (Å²) in [6.07, 6.45) is 3.25. The Morgan fingerprint density at radius 3 is 2.57 bits per heavy atom. The van der Waals surface area contributed by atoms with Gasteiger partial charge < -0.3 is 9.84 Å². The number of aromatic nitrogens is 4. The van der Waals surface area contributed by atoms with Crippen molar-refractivity contribution >= 4 is 0 Å². The normalized spacial score (nSPS) is 10.5. The van der Waals surface area contributed by atoms with Gasteiger partial charge in [-0.1, -0.05) is 18.2 Å². The molecular formula is C15H14N4O2. The Hall–Kier alpha value is -2.73. The molecule has 0 saturated heterocycles. The van der Waals surface area contributed by atoms with Gasteiger partial charge in [-0.25, -0.2) is 0 Å². The molecule has 106 valence electrons. The third-order valence-electron chi connectivity index (χ3n) is 2.87. The molecule has 0 aliphatic heterocycles. The lowest BCUT2D eigenvalue weighted by atomic mass is 10.3. The summed E-state index contributed by atoms with van der Waals surface area (Å²) in [6.45, 7) is 0.235. The molecule has 0 amide bonds. The Morgan fingerprint density at radius 2 is 1.86 bits per heavy atom. The number of para-hydroxylation sites is 1. The monoisotopic (exact) mass is 282 g/mol. The van der Waals surface area contributed by atoms with Gasteiger partial charge in [-0.3, -0.25) is 4.98 Å². The molecule has 0 radical (unpaired) electrons. The quantitative estimate of drug-likeness (QED) is 0.771. The Labute approximate surface area is 121 Å². The highest BCUT2D eigenvalue weighted by molar-refractivity contribution is 5.28. The summed E-state index contributed by atoms with van der Waals surface area (Å²) >= 11 is 0. The van der Waals surface area contributed by atoms with Gasteiger partial charge in [0.2, 0.25) is 0 Å². The maximum atomic E-state index is 8.92. The van der Waals surface area contributed by atoms with Crippen LogP contribution in [0.4, 0.5) is 0 Å². The van der Waals surface area contributed by atoms with E-state index in [1.54, 1.807) is 29.3 Å². The third kappa shape index (κ3) is 3.24. The second kappa shape index (κ2) is 6.15. The molecule has 0 bridgehead atoms. The molecule has 0 saturated carbocycles. The maximum absolute atomic E-state index is 8.92. The first-order valence-electron chi connectivity index (χ1n) is 6.50. The van der Waals surface area contributed by atoms with Gasteiger partial charge in [0, 0.05) is 0 Å². The summed E-state index contributed by atoms with van der Waals surface area (Å²) in [7, 11) is 0. The molecule has 0 spiro atoms. The van der Waals surface area contributed by atoms with E-state index in [2.05, 4.69) is 15.2 Å². The van der Waals surface area contributed by atoms with Crippen LogP contribution < -0.4 is 4.74 Å². The van der Waals surface area contributed by atoms with Crippen LogP contribution in [0.3, 0.4) is 0 Å². The summed E-state index contributed by atoms with van der Waals surface area (Å²) in [5.41, 5.74) is 2.24. The average Bonchev–Trinajstić information content (AvgIpc) is 3.03. The fourth-order valence-electron chi connectivity index (χ4n) is 1.79. The van der Waals surface area contributed by atoms with Crippen LogP contribution in [-0.2, 0) is 13.2 Å². The van der Waals surface area contributed by atoms with Crippen molar-refractivity contribution in [3.63, 3.8) is 0 Å². The minimum atomic E-state index is -0.0777. The predicted molar refractivity (Wildman–Crippen MR) is 75.9 cm³/mol. The molecule has 2 aromatic heterocycles. The van der Waals surface area contributed by atoms with Crippen molar-refractivity contribution in [2.75, 3.05) is 0 Å². The lowest BCUT2D eigenvalue weighted by Crippen LogP contribution is -2.01. The number of ether oxygens (including phenoxy) is 1. The van der Waals surface area contributed by atoms with E-state index in [0.29, 0.717) is 18.1 Å². The zero-order valence-electron chi connectivity index (χ0n) is 11.3. The van der Waals surface area contributed by atoms with Crippen LogP contribution in [0.2, 0.25) is 0 Å². The predicted octanol–water partition coefficient (Wildman–Crippen LogP) is 1.73. The zero-order chi connectivity index (χ0) is 14.5. The van der Waals surface area contributed by atoms with Crippen LogP contribution in [-0.4, -0.2) is 25.1 Å². The summed E-state index contributed by atoms with van der Waals surface area (Å²) in [6, 6.07) is 13.2. The van der Waals surface area contributed by atoms with E-state index >= 15 is 0 Å². The van der Waals surface area contributed by atoms with Gasteiger partial charge >= 0.3 is 0 Å². The van der Waals surface area contributed by atoms with Crippen LogP contribution in [0.15, 0.2) is 54.9 Å². The lowest BCUT2D eigenvalue weighted by molar-refractivity contribution is 0.274. The van der Waals surface area contributed by atoms with E-state index in [-0.39, 0.29) is 6.61 Å². The molecule has 6 heteroatoms. The maximum Gasteiger partial charge on any atom is 0.138 e. The molecule has 2 heterocycles. The van der Waals surface area contributed by atoms with Crippen LogP contribution in [0, 0.1) is 0 Å². The van der Waals surface area contributed by atoms with Gasteiger partial charge in [0.05, 0.1) is 30.4 Å². The van der Waals surface area contributed by atoms with Crippen molar-refractivity contribution in [2.24, 2.45) is 0 Å². The summed E-state index contributed by atoms with van der Waals surface area (Å²) in [5.74, 6) is 0.626. The first-order chi connectivity index (χ1) is 10.3. The van der Waals surface area contributed by atoms with E-state index in [1.165, 1.54) is 0 Å². The Balaban J connectivity index is 1.64. The molecular weight excluding hydrogens is 268 g/mol. The van der Waals surface area contributed by atoms with E-state index in [0.717, 1.165) is 11.4 Å². The lowest BCUT2D eigenvalue weighted by Gasteiger charge is -2.03. The van der Waals surface area contributed by atoms with Gasteiger partial charge in [-0.2, -0.15) is 9.90 Å². The smallest absolute Gasteiger partial charge is 0.138 e. The topological polar surface area (TPSA) is 73.1 Å². The highest BCUT2D eigenvalue weighted by Crippen LogP contribution is 2.11. The second-order valence-electron chi connectivity index (χ2n) is 4.39. The van der Waals surface area contributed by atoms with Crippen molar-refractivity contribution in [3.8, 4) is 11.4 Å². The SMILES string of the molecule is OCc1ccc(OCc2cnn(-c3ccccc3)n2)cn1. The Kier molecular flexibility index (Phi) is 3.88. The average molecular weight is 282 g/mol. The van der Waals surface area contributed by atoms with Crippen molar-refractivity contribution in [2.45, 2.75) is 13.2 Å².